The van der Waals surface area contributed by atoms with Crippen LogP contribution < -0.4 is 16.4 Å². The number of rotatable bonds is 7. The number of aryl methyl sites for hydroxylation is 2. The zero-order valence-electron chi connectivity index (χ0n) is 15.6. The minimum Gasteiger partial charge on any atom is -0.445 e. The first-order valence-electron chi connectivity index (χ1n) is 8.59. The van der Waals surface area contributed by atoms with Gasteiger partial charge in [-0.25, -0.2) is 4.79 Å². The number of carbonyl (C=O) groups is 3. The number of primary amides is 1. The molecule has 2 aromatic carbocycles. The molecule has 7 nitrogen and oxygen atoms in total. The molecule has 0 saturated carbocycles. The summed E-state index contributed by atoms with van der Waals surface area (Å²) in [4.78, 5) is 36.0. The highest BCUT2D eigenvalue weighted by Gasteiger charge is 2.24. The molecule has 0 aliphatic heterocycles. The fourth-order valence-electron chi connectivity index (χ4n) is 2.41. The Morgan fingerprint density at radius 2 is 1.75 bits per heavy atom. The molecule has 0 fully saturated rings. The van der Waals surface area contributed by atoms with Gasteiger partial charge in [-0.15, -0.1) is 0 Å². The van der Waals surface area contributed by atoms with Gasteiger partial charge < -0.3 is 21.1 Å². The van der Waals surface area contributed by atoms with Gasteiger partial charge in [0.1, 0.15) is 12.6 Å². The van der Waals surface area contributed by atoms with Crippen LogP contribution in [0, 0.1) is 13.8 Å². The van der Waals surface area contributed by atoms with Crippen LogP contribution in [0.1, 0.15) is 23.1 Å². The molecule has 28 heavy (non-hydrogen) atoms. The molecule has 1 atom stereocenters. The van der Waals surface area contributed by atoms with E-state index in [9.17, 15) is 14.4 Å². The van der Waals surface area contributed by atoms with E-state index in [4.69, 9.17) is 10.5 Å². The van der Waals surface area contributed by atoms with E-state index >= 15 is 0 Å². The molecule has 148 valence electrons. The number of carbonyl (C=O) groups excluding carboxylic acids is 3. The fourth-order valence-corrected chi connectivity index (χ4v) is 2.97. The van der Waals surface area contributed by atoms with Crippen molar-refractivity contribution in [2.45, 2.75) is 32.9 Å². The molecule has 8 heteroatoms. The Bertz CT molecular complexity index is 871. The topological polar surface area (TPSA) is 111 Å². The van der Waals surface area contributed by atoms with Crippen LogP contribution in [-0.4, -0.2) is 23.9 Å². The number of nitrogens with one attached hydrogen (secondary N) is 2. The number of ether oxygens (including phenoxy) is 1. The van der Waals surface area contributed by atoms with E-state index in [1.807, 2.05) is 38.1 Å². The average Bonchev–Trinajstić information content (AvgIpc) is 2.64. The van der Waals surface area contributed by atoms with Crippen LogP contribution in [0.5, 0.6) is 0 Å². The highest BCUT2D eigenvalue weighted by atomic mass is 79.9. The van der Waals surface area contributed by atoms with E-state index in [1.54, 1.807) is 18.2 Å². The number of benzene rings is 2. The Morgan fingerprint density at radius 1 is 1.11 bits per heavy atom. The van der Waals surface area contributed by atoms with Crippen LogP contribution in [0.25, 0.3) is 0 Å². The Labute approximate surface area is 171 Å². The third-order valence-corrected chi connectivity index (χ3v) is 4.72. The van der Waals surface area contributed by atoms with E-state index in [2.05, 4.69) is 26.6 Å². The normalized spacial score (nSPS) is 11.4. The summed E-state index contributed by atoms with van der Waals surface area (Å²) in [5, 5.41) is 5.09. The number of amides is 3. The van der Waals surface area contributed by atoms with E-state index < -0.39 is 23.9 Å². The molecule has 2 rings (SSSR count). The van der Waals surface area contributed by atoms with E-state index in [-0.39, 0.29) is 13.0 Å². The van der Waals surface area contributed by atoms with Crippen molar-refractivity contribution >= 4 is 39.5 Å². The lowest BCUT2D eigenvalue weighted by Gasteiger charge is -2.18. The van der Waals surface area contributed by atoms with Crippen LogP contribution in [0.3, 0.4) is 0 Å². The van der Waals surface area contributed by atoms with Crippen molar-refractivity contribution in [1.29, 1.82) is 0 Å². The van der Waals surface area contributed by atoms with Gasteiger partial charge in [-0.3, -0.25) is 9.59 Å². The monoisotopic (exact) mass is 447 g/mol. The molecular formula is C20H22BrN3O4. The van der Waals surface area contributed by atoms with Gasteiger partial charge >= 0.3 is 6.09 Å². The number of hydrogen-bond acceptors (Lipinski definition) is 4. The quantitative estimate of drug-likeness (QED) is 0.604. The van der Waals surface area contributed by atoms with Gasteiger partial charge in [-0.2, -0.15) is 0 Å². The number of anilines is 1. The average molecular weight is 448 g/mol. The molecule has 0 aromatic heterocycles. The standard InChI is InChI=1S/C20H22BrN3O4/c1-12-8-15(21)16(9-13(12)2)23-19(26)17(10-18(22)25)24-20(27)28-11-14-6-4-3-5-7-14/h3-9,17H,10-11H2,1-2H3,(H2,22,25)(H,23,26)(H,24,27)/t17-/m1/s1. The molecule has 0 bridgehead atoms. The molecule has 4 N–H and O–H groups in total. The fraction of sp³-hybridized carbons (Fsp3) is 0.250. The first kappa shape index (κ1) is 21.4. The molecule has 0 unspecified atom stereocenters. The summed E-state index contributed by atoms with van der Waals surface area (Å²) < 4.78 is 5.80. The molecule has 0 radical (unpaired) electrons. The predicted molar refractivity (Wildman–Crippen MR) is 110 cm³/mol. The first-order valence-corrected chi connectivity index (χ1v) is 9.38. The van der Waals surface area contributed by atoms with E-state index in [1.165, 1.54) is 0 Å². The first-order chi connectivity index (χ1) is 13.3. The summed E-state index contributed by atoms with van der Waals surface area (Å²) >= 11 is 3.39. The van der Waals surface area contributed by atoms with Gasteiger partial charge in [0, 0.05) is 4.47 Å². The van der Waals surface area contributed by atoms with E-state index in [0.29, 0.717) is 10.2 Å². The third-order valence-electron chi connectivity index (χ3n) is 4.07. The second-order valence-electron chi connectivity index (χ2n) is 6.33. The van der Waals surface area contributed by atoms with Crippen LogP contribution in [0.2, 0.25) is 0 Å². The number of halogens is 1. The number of hydrogen-bond donors (Lipinski definition) is 3. The van der Waals surface area contributed by atoms with Crippen molar-refractivity contribution in [3.05, 3.63) is 63.6 Å². The lowest BCUT2D eigenvalue weighted by molar-refractivity contribution is -0.123. The third kappa shape index (κ3) is 6.38. The summed E-state index contributed by atoms with van der Waals surface area (Å²) in [6.45, 7) is 3.91. The van der Waals surface area contributed by atoms with Crippen LogP contribution in [-0.2, 0) is 20.9 Å². The van der Waals surface area contributed by atoms with Crippen molar-refractivity contribution < 1.29 is 19.1 Å². The van der Waals surface area contributed by atoms with Crippen molar-refractivity contribution in [3.8, 4) is 0 Å². The van der Waals surface area contributed by atoms with Crippen LogP contribution in [0.15, 0.2) is 46.9 Å². The smallest absolute Gasteiger partial charge is 0.408 e. The molecule has 3 amide bonds. The minimum absolute atomic E-state index is 0.0420. The van der Waals surface area contributed by atoms with Crippen molar-refractivity contribution in [3.63, 3.8) is 0 Å². The van der Waals surface area contributed by atoms with Crippen LogP contribution in [0.4, 0.5) is 10.5 Å². The summed E-state index contributed by atoms with van der Waals surface area (Å²) in [5.41, 5.74) is 8.59. The molecule has 2 aromatic rings. The zero-order valence-corrected chi connectivity index (χ0v) is 17.2. The highest BCUT2D eigenvalue weighted by Crippen LogP contribution is 2.26. The second kappa shape index (κ2) is 9.89. The molecule has 0 spiro atoms. The van der Waals surface area contributed by atoms with Gasteiger partial charge in [-0.1, -0.05) is 30.3 Å². The Hall–Kier alpha value is -2.87. The summed E-state index contributed by atoms with van der Waals surface area (Å²) in [6.07, 6.45) is -1.17. The van der Waals surface area contributed by atoms with Crippen molar-refractivity contribution in [2.24, 2.45) is 5.73 Å². The highest BCUT2D eigenvalue weighted by molar-refractivity contribution is 9.10. The summed E-state index contributed by atoms with van der Waals surface area (Å²) in [7, 11) is 0. The summed E-state index contributed by atoms with van der Waals surface area (Å²) in [5.74, 6) is -1.29. The van der Waals surface area contributed by atoms with Crippen molar-refractivity contribution in [1.82, 2.24) is 5.32 Å². The maximum atomic E-state index is 12.6. The minimum atomic E-state index is -1.16. The SMILES string of the molecule is Cc1cc(Br)c(NC(=O)[C@@H](CC(N)=O)NC(=O)OCc2ccccc2)cc1C. The molecule has 0 saturated heterocycles. The molecule has 0 aliphatic rings. The predicted octanol–water partition coefficient (Wildman–Crippen LogP) is 3.17. The molecule has 0 aliphatic carbocycles. The van der Waals surface area contributed by atoms with Gasteiger partial charge in [0.05, 0.1) is 12.1 Å². The maximum absolute atomic E-state index is 12.6. The second-order valence-corrected chi connectivity index (χ2v) is 7.19. The summed E-state index contributed by atoms with van der Waals surface area (Å²) in [6, 6.07) is 11.6. The Kier molecular flexibility index (Phi) is 7.57. The van der Waals surface area contributed by atoms with Crippen LogP contribution >= 0.6 is 15.9 Å². The molecular weight excluding hydrogens is 426 g/mol. The molecule has 0 heterocycles. The zero-order chi connectivity index (χ0) is 20.7. The van der Waals surface area contributed by atoms with Gasteiger partial charge in [0.25, 0.3) is 0 Å². The number of alkyl carbamates (subject to hydrolysis) is 1. The Morgan fingerprint density at radius 3 is 2.39 bits per heavy atom. The maximum Gasteiger partial charge on any atom is 0.408 e. The Balaban J connectivity index is 2.03. The van der Waals surface area contributed by atoms with Gasteiger partial charge in [0.15, 0.2) is 0 Å². The largest absolute Gasteiger partial charge is 0.445 e. The van der Waals surface area contributed by atoms with Gasteiger partial charge in [-0.05, 0) is 58.6 Å². The van der Waals surface area contributed by atoms with Gasteiger partial charge in [0.2, 0.25) is 11.8 Å². The lowest BCUT2D eigenvalue weighted by Crippen LogP contribution is -2.46. The van der Waals surface area contributed by atoms with Crippen molar-refractivity contribution in [2.75, 3.05) is 5.32 Å². The number of nitrogens with two attached hydrogens (primary N) is 1. The van der Waals surface area contributed by atoms with E-state index in [0.717, 1.165) is 16.7 Å². The lowest BCUT2D eigenvalue weighted by atomic mass is 10.1.